The number of halogens is 1. The number of nitrogen functional groups attached to an aromatic ring is 1. The molecule has 0 radical (unpaired) electrons. The lowest BCUT2D eigenvalue weighted by Gasteiger charge is -2.32. The molecule has 31 heavy (non-hydrogen) atoms. The largest absolute Gasteiger partial charge is 0.497 e. The Morgan fingerprint density at radius 2 is 2.10 bits per heavy atom. The van der Waals surface area contributed by atoms with E-state index >= 15 is 0 Å². The van der Waals surface area contributed by atoms with E-state index in [1.807, 2.05) is 18.3 Å². The van der Waals surface area contributed by atoms with Crippen molar-refractivity contribution < 1.29 is 4.74 Å². The Hall–Kier alpha value is -2.42. The zero-order valence-electron chi connectivity index (χ0n) is 17.9. The molecule has 0 unspecified atom stereocenters. The van der Waals surface area contributed by atoms with Crippen LogP contribution >= 0.6 is 15.9 Å². The van der Waals surface area contributed by atoms with Crippen molar-refractivity contribution in [1.82, 2.24) is 19.8 Å². The summed E-state index contributed by atoms with van der Waals surface area (Å²) >= 11 is 3.41. The maximum Gasteiger partial charge on any atom is 0.251 e. The number of nitrogens with zero attached hydrogens (tertiary/aromatic N) is 3. The number of nitrogens with one attached hydrogen (secondary N) is 1. The van der Waals surface area contributed by atoms with E-state index in [4.69, 9.17) is 10.5 Å². The number of nitrogens with two attached hydrogens (primary N) is 1. The van der Waals surface area contributed by atoms with Crippen molar-refractivity contribution in [1.29, 1.82) is 0 Å². The van der Waals surface area contributed by atoms with E-state index in [2.05, 4.69) is 37.7 Å². The van der Waals surface area contributed by atoms with Crippen LogP contribution in [0.5, 0.6) is 0 Å². The molecule has 7 nitrogen and oxygen atoms in total. The molecule has 0 spiro atoms. The fraction of sp³-hybridized carbons (Fsp3) is 0.391. The van der Waals surface area contributed by atoms with E-state index in [0.717, 1.165) is 49.2 Å². The second kappa shape index (κ2) is 11.3. The van der Waals surface area contributed by atoms with E-state index in [1.54, 1.807) is 29.9 Å². The third-order valence-corrected chi connectivity index (χ3v) is 6.03. The van der Waals surface area contributed by atoms with Crippen molar-refractivity contribution in [2.24, 2.45) is 0 Å². The molecule has 0 aliphatic carbocycles. The van der Waals surface area contributed by atoms with Gasteiger partial charge in [-0.05, 0) is 66.1 Å². The van der Waals surface area contributed by atoms with Crippen molar-refractivity contribution in [3.8, 4) is 0 Å². The first kappa shape index (κ1) is 23.2. The van der Waals surface area contributed by atoms with Crippen LogP contribution in [0.2, 0.25) is 0 Å². The number of pyridine rings is 2. The lowest BCUT2D eigenvalue weighted by atomic mass is 10.0. The highest BCUT2D eigenvalue weighted by molar-refractivity contribution is 9.10. The van der Waals surface area contributed by atoms with Gasteiger partial charge in [-0.3, -0.25) is 9.78 Å². The first-order chi connectivity index (χ1) is 15.0. The zero-order valence-corrected chi connectivity index (χ0v) is 19.5. The van der Waals surface area contributed by atoms with Crippen molar-refractivity contribution in [2.75, 3.05) is 32.5 Å². The van der Waals surface area contributed by atoms with Gasteiger partial charge in [-0.1, -0.05) is 6.58 Å². The molecule has 0 atom stereocenters. The maximum absolute atomic E-state index is 12.5. The summed E-state index contributed by atoms with van der Waals surface area (Å²) in [5, 5.41) is 3.60. The van der Waals surface area contributed by atoms with Gasteiger partial charge in [-0.2, -0.15) is 0 Å². The molecule has 166 valence electrons. The third-order valence-electron chi connectivity index (χ3n) is 5.56. The van der Waals surface area contributed by atoms with Gasteiger partial charge in [0.25, 0.3) is 5.56 Å². The summed E-state index contributed by atoms with van der Waals surface area (Å²) in [6.07, 6.45) is 7.32. The van der Waals surface area contributed by atoms with Crippen LogP contribution < -0.4 is 16.6 Å². The summed E-state index contributed by atoms with van der Waals surface area (Å²) in [6.45, 7) is 7.85. The van der Waals surface area contributed by atoms with Crippen LogP contribution in [0, 0.1) is 0 Å². The first-order valence-corrected chi connectivity index (χ1v) is 11.2. The molecule has 0 aromatic carbocycles. The van der Waals surface area contributed by atoms with Gasteiger partial charge >= 0.3 is 0 Å². The summed E-state index contributed by atoms with van der Waals surface area (Å²) < 4.78 is 7.97. The van der Waals surface area contributed by atoms with Gasteiger partial charge < -0.3 is 25.3 Å². The van der Waals surface area contributed by atoms with Crippen molar-refractivity contribution >= 4 is 27.7 Å². The van der Waals surface area contributed by atoms with E-state index in [-0.39, 0.29) is 5.56 Å². The smallest absolute Gasteiger partial charge is 0.251 e. The van der Waals surface area contributed by atoms with Crippen LogP contribution in [-0.4, -0.2) is 47.2 Å². The Morgan fingerprint density at radius 1 is 1.32 bits per heavy atom. The lowest BCUT2D eigenvalue weighted by Crippen LogP contribution is -2.43. The van der Waals surface area contributed by atoms with Gasteiger partial charge in [0.05, 0.1) is 24.2 Å². The van der Waals surface area contributed by atoms with Gasteiger partial charge in [-0.15, -0.1) is 0 Å². The molecule has 0 amide bonds. The fourth-order valence-corrected chi connectivity index (χ4v) is 3.94. The van der Waals surface area contributed by atoms with E-state index in [1.165, 1.54) is 6.07 Å². The molecule has 1 fully saturated rings. The fourth-order valence-electron chi connectivity index (χ4n) is 3.70. The van der Waals surface area contributed by atoms with Gasteiger partial charge in [0, 0.05) is 48.5 Å². The second-order valence-electron chi connectivity index (χ2n) is 7.58. The Labute approximate surface area is 191 Å². The molecule has 1 aliphatic rings. The molecule has 0 bridgehead atoms. The molecule has 8 heteroatoms. The lowest BCUT2D eigenvalue weighted by molar-refractivity contribution is 0.190. The molecule has 1 saturated heterocycles. The quantitative estimate of drug-likeness (QED) is 0.417. The normalized spacial score (nSPS) is 15.7. The summed E-state index contributed by atoms with van der Waals surface area (Å²) in [6, 6.07) is 7.67. The van der Waals surface area contributed by atoms with Crippen molar-refractivity contribution in [2.45, 2.75) is 32.0 Å². The number of hydrogen-bond acceptors (Lipinski definition) is 6. The summed E-state index contributed by atoms with van der Waals surface area (Å²) in [5.41, 5.74) is 8.31. The number of piperidine rings is 1. The van der Waals surface area contributed by atoms with Crippen molar-refractivity contribution in [3.63, 3.8) is 0 Å². The minimum atomic E-state index is -0.0708. The molecule has 2 aromatic heterocycles. The minimum Gasteiger partial charge on any atom is -0.497 e. The summed E-state index contributed by atoms with van der Waals surface area (Å²) in [7, 11) is 1.57. The predicted molar refractivity (Wildman–Crippen MR) is 129 cm³/mol. The van der Waals surface area contributed by atoms with E-state index in [0.29, 0.717) is 29.7 Å². The Morgan fingerprint density at radius 3 is 2.74 bits per heavy atom. The number of rotatable bonds is 9. The molecular weight excluding hydrogens is 458 g/mol. The van der Waals surface area contributed by atoms with Crippen LogP contribution in [0.1, 0.15) is 24.2 Å². The van der Waals surface area contributed by atoms with Gasteiger partial charge in [-0.25, -0.2) is 0 Å². The number of hydrogen-bond donors (Lipinski definition) is 2. The molecule has 0 saturated carbocycles. The number of aromatic nitrogens is 2. The van der Waals surface area contributed by atoms with Gasteiger partial charge in [0.15, 0.2) is 0 Å². The predicted octanol–water partition coefficient (Wildman–Crippen LogP) is 3.02. The number of ether oxygens (including phenoxy) is 1. The van der Waals surface area contributed by atoms with Gasteiger partial charge in [0.1, 0.15) is 5.76 Å². The molecule has 3 rings (SSSR count). The molecule has 3 N–H and O–H groups in total. The topological polar surface area (TPSA) is 85.4 Å². The van der Waals surface area contributed by atoms with Crippen LogP contribution in [0.25, 0.3) is 6.08 Å². The minimum absolute atomic E-state index is 0.0708. The highest BCUT2D eigenvalue weighted by Gasteiger charge is 2.19. The molecular formula is C23H30BrN5O2. The second-order valence-corrected chi connectivity index (χ2v) is 8.50. The van der Waals surface area contributed by atoms with Crippen LogP contribution in [0.15, 0.2) is 58.1 Å². The van der Waals surface area contributed by atoms with Crippen LogP contribution in [-0.2, 0) is 17.8 Å². The number of likely N-dealkylation sites (tertiary alicyclic amines) is 1. The number of allylic oxidation sites excluding steroid dienone is 1. The molecule has 1 aliphatic heterocycles. The third kappa shape index (κ3) is 6.53. The molecule has 2 aromatic rings. The summed E-state index contributed by atoms with van der Waals surface area (Å²) in [4.78, 5) is 19.3. The number of methoxy groups -OCH3 is 1. The van der Waals surface area contributed by atoms with Gasteiger partial charge in [0.2, 0.25) is 0 Å². The van der Waals surface area contributed by atoms with E-state index in [9.17, 15) is 4.79 Å². The zero-order chi connectivity index (χ0) is 22.2. The first-order valence-electron chi connectivity index (χ1n) is 10.4. The Kier molecular flexibility index (Phi) is 8.45. The average Bonchev–Trinajstić information content (AvgIpc) is 2.79. The standard InChI is InChI=1S/C23H30BrN5O2/c1-3-20(31-2)14-22-21(25)6-7-23(30)29(22)13-12-28-10-8-18(9-11-28)27-16-19-5-4-17(24)15-26-19/h3-7,14-15,18,27H,1,8-13,16,25H2,2H3/b20-14+. The maximum atomic E-state index is 12.5. The molecule has 3 heterocycles. The van der Waals surface area contributed by atoms with Crippen LogP contribution in [0.4, 0.5) is 5.69 Å². The monoisotopic (exact) mass is 487 g/mol. The number of anilines is 1. The van der Waals surface area contributed by atoms with Crippen LogP contribution in [0.3, 0.4) is 0 Å². The SMILES string of the molecule is C=C/C(=C\c1c(N)ccc(=O)n1CCN1CCC(NCc2ccc(Br)cn2)CC1)OC. The Bertz CT molecular complexity index is 963. The average molecular weight is 488 g/mol. The van der Waals surface area contributed by atoms with E-state index < -0.39 is 0 Å². The summed E-state index contributed by atoms with van der Waals surface area (Å²) in [5.74, 6) is 0.568. The highest BCUT2D eigenvalue weighted by atomic mass is 79.9. The highest BCUT2D eigenvalue weighted by Crippen LogP contribution is 2.16. The van der Waals surface area contributed by atoms with Crippen molar-refractivity contribution in [3.05, 3.63) is 75.1 Å². The Balaban J connectivity index is 1.54.